The lowest BCUT2D eigenvalue weighted by atomic mass is 10.1. The van der Waals surface area contributed by atoms with Crippen LogP contribution in [-0.2, 0) is 17.5 Å². The molecule has 5 heterocycles. The van der Waals surface area contributed by atoms with Crippen molar-refractivity contribution in [3.63, 3.8) is 0 Å². The maximum atomic E-state index is 13.4. The van der Waals surface area contributed by atoms with Crippen molar-refractivity contribution >= 4 is 11.2 Å². The normalized spacial score (nSPS) is 15.7. The molecule has 0 unspecified atom stereocenters. The van der Waals surface area contributed by atoms with Crippen LogP contribution in [0.4, 0.5) is 13.2 Å². The number of fused-ring (bicyclic) bond motifs is 1. The molecular formula is C27H23F3N8O3. The lowest BCUT2D eigenvalue weighted by Gasteiger charge is -2.28. The molecule has 0 amide bonds. The van der Waals surface area contributed by atoms with E-state index in [9.17, 15) is 13.2 Å². The second-order valence-corrected chi connectivity index (χ2v) is 9.90. The SMILES string of the molecule is COc1ncnc(C2CC2)c1-c1nc(OCc2ccc(-c3nc(C(F)(F)F)cn3C3COC3)cc2)c2[nH]cnc2n1. The molecule has 41 heavy (non-hydrogen) atoms. The van der Waals surface area contributed by atoms with Crippen molar-refractivity contribution < 1.29 is 27.4 Å². The predicted molar refractivity (Wildman–Crippen MR) is 138 cm³/mol. The molecule has 2 aliphatic rings. The van der Waals surface area contributed by atoms with Crippen LogP contribution in [0.5, 0.6) is 11.8 Å². The highest BCUT2D eigenvalue weighted by atomic mass is 19.4. The van der Waals surface area contributed by atoms with Gasteiger partial charge in [0.1, 0.15) is 29.8 Å². The number of aromatic amines is 1. The first-order valence-corrected chi connectivity index (χ1v) is 13.0. The zero-order valence-corrected chi connectivity index (χ0v) is 21.7. The van der Waals surface area contributed by atoms with E-state index in [4.69, 9.17) is 14.2 Å². The van der Waals surface area contributed by atoms with Crippen LogP contribution in [0.3, 0.4) is 0 Å². The van der Waals surface area contributed by atoms with Gasteiger partial charge in [-0.25, -0.2) is 24.9 Å². The predicted octanol–water partition coefficient (Wildman–Crippen LogP) is 4.73. The van der Waals surface area contributed by atoms with Crippen molar-refractivity contribution in [2.45, 2.75) is 37.6 Å². The molecule has 1 aromatic carbocycles. The van der Waals surface area contributed by atoms with Gasteiger partial charge in [-0.2, -0.15) is 18.2 Å². The first kappa shape index (κ1) is 25.4. The minimum Gasteiger partial charge on any atom is -0.480 e. The number of alkyl halides is 3. The molecule has 2 fully saturated rings. The number of imidazole rings is 2. The average Bonchev–Trinajstić information content (AvgIpc) is 3.51. The first-order chi connectivity index (χ1) is 19.9. The first-order valence-electron chi connectivity index (χ1n) is 13.0. The van der Waals surface area contributed by atoms with Crippen molar-refractivity contribution in [1.82, 2.24) is 39.5 Å². The smallest absolute Gasteiger partial charge is 0.434 e. The second-order valence-electron chi connectivity index (χ2n) is 9.90. The Balaban J connectivity index is 1.17. The van der Waals surface area contributed by atoms with Gasteiger partial charge in [0.15, 0.2) is 17.2 Å². The standard InChI is InChI=1S/C27H23F3N8O3/c1-39-25-19(20(15-6-7-15)31-13-34-25)22-36-23-21(32-12-33-23)26(37-22)41-9-14-2-4-16(5-3-14)24-35-18(27(28,29)30)8-38(24)17-10-40-11-17/h2-5,8,12-13,15,17H,6-7,9-11H2,1H3,(H,32,33,36,37). The Kier molecular flexibility index (Phi) is 6.07. The Morgan fingerprint density at radius 2 is 1.83 bits per heavy atom. The fraction of sp³-hybridized carbons (Fsp3) is 0.333. The van der Waals surface area contributed by atoms with Crippen LogP contribution >= 0.6 is 0 Å². The number of hydrogen-bond acceptors (Lipinski definition) is 9. The van der Waals surface area contributed by atoms with Crippen molar-refractivity contribution in [3.8, 4) is 34.5 Å². The van der Waals surface area contributed by atoms with E-state index < -0.39 is 11.9 Å². The summed E-state index contributed by atoms with van der Waals surface area (Å²) in [7, 11) is 1.53. The number of hydrogen-bond donors (Lipinski definition) is 1. The summed E-state index contributed by atoms with van der Waals surface area (Å²) in [6.07, 6.45) is 1.52. The number of rotatable bonds is 8. The van der Waals surface area contributed by atoms with Gasteiger partial charge in [0.2, 0.25) is 11.8 Å². The summed E-state index contributed by atoms with van der Waals surface area (Å²) in [6.45, 7) is 0.832. The summed E-state index contributed by atoms with van der Waals surface area (Å²) in [5, 5.41) is 0. The van der Waals surface area contributed by atoms with Gasteiger partial charge in [-0.3, -0.25) is 0 Å². The number of benzene rings is 1. The maximum absolute atomic E-state index is 13.4. The minimum absolute atomic E-state index is 0.140. The molecule has 7 rings (SSSR count). The fourth-order valence-corrected chi connectivity index (χ4v) is 4.74. The van der Waals surface area contributed by atoms with Crippen molar-refractivity contribution in [2.24, 2.45) is 0 Å². The number of halogens is 3. The number of nitrogens with one attached hydrogen (secondary N) is 1. The average molecular weight is 565 g/mol. The molecule has 11 nitrogen and oxygen atoms in total. The molecule has 210 valence electrons. The second kappa shape index (κ2) is 9.80. The van der Waals surface area contributed by atoms with Gasteiger partial charge in [0.05, 0.1) is 38.4 Å². The Bertz CT molecular complexity index is 1730. The van der Waals surface area contributed by atoms with Crippen LogP contribution in [0.25, 0.3) is 33.9 Å². The van der Waals surface area contributed by atoms with Crippen molar-refractivity contribution in [1.29, 1.82) is 0 Å². The number of aromatic nitrogens is 8. The van der Waals surface area contributed by atoms with Gasteiger partial charge in [-0.1, -0.05) is 24.3 Å². The van der Waals surface area contributed by atoms with Crippen LogP contribution in [0.1, 0.15) is 41.8 Å². The molecule has 0 spiro atoms. The Morgan fingerprint density at radius 1 is 1.02 bits per heavy atom. The Hall–Kier alpha value is -4.59. The monoisotopic (exact) mass is 564 g/mol. The van der Waals surface area contributed by atoms with Gasteiger partial charge in [0, 0.05) is 17.7 Å². The molecule has 5 aromatic rings. The summed E-state index contributed by atoms with van der Waals surface area (Å²) in [4.78, 5) is 29.2. The van der Waals surface area contributed by atoms with Crippen LogP contribution in [-0.4, -0.2) is 59.8 Å². The van der Waals surface area contributed by atoms with Gasteiger partial charge in [-0.05, 0) is 18.4 Å². The number of ether oxygens (including phenoxy) is 3. The van der Waals surface area contributed by atoms with Crippen LogP contribution in [0.2, 0.25) is 0 Å². The van der Waals surface area contributed by atoms with E-state index in [-0.39, 0.29) is 24.4 Å². The number of H-pyrrole nitrogens is 1. The summed E-state index contributed by atoms with van der Waals surface area (Å²) < 4.78 is 58.5. The minimum atomic E-state index is -4.54. The van der Waals surface area contributed by atoms with Crippen LogP contribution in [0.15, 0.2) is 43.1 Å². The zero-order chi connectivity index (χ0) is 28.1. The van der Waals surface area contributed by atoms with Crippen molar-refractivity contribution in [2.75, 3.05) is 20.3 Å². The summed E-state index contributed by atoms with van der Waals surface area (Å²) in [6, 6.07) is 6.83. The molecule has 0 radical (unpaired) electrons. The summed E-state index contributed by atoms with van der Waals surface area (Å²) in [5.74, 6) is 1.54. The molecule has 1 saturated heterocycles. The number of methoxy groups -OCH3 is 1. The molecule has 1 N–H and O–H groups in total. The third kappa shape index (κ3) is 4.73. The molecule has 1 aliphatic carbocycles. The molecule has 1 saturated carbocycles. The fourth-order valence-electron chi connectivity index (χ4n) is 4.74. The van der Waals surface area contributed by atoms with E-state index >= 15 is 0 Å². The summed E-state index contributed by atoms with van der Waals surface area (Å²) in [5.41, 5.74) is 2.79. The van der Waals surface area contributed by atoms with E-state index in [2.05, 4.69) is 34.9 Å². The van der Waals surface area contributed by atoms with Gasteiger partial charge >= 0.3 is 6.18 Å². The lowest BCUT2D eigenvalue weighted by molar-refractivity contribution is -0.141. The zero-order valence-electron chi connectivity index (χ0n) is 21.7. The van der Waals surface area contributed by atoms with Crippen molar-refractivity contribution in [3.05, 3.63) is 60.1 Å². The molecular weight excluding hydrogens is 541 g/mol. The Morgan fingerprint density at radius 3 is 2.51 bits per heavy atom. The van der Waals surface area contributed by atoms with Gasteiger partial charge < -0.3 is 23.8 Å². The topological polar surface area (TPSA) is 126 Å². The molecule has 4 aromatic heterocycles. The third-order valence-electron chi connectivity index (χ3n) is 7.10. The maximum Gasteiger partial charge on any atom is 0.434 e. The van der Waals surface area contributed by atoms with E-state index in [1.54, 1.807) is 24.3 Å². The number of nitrogens with zero attached hydrogens (tertiary/aromatic N) is 7. The van der Waals surface area contributed by atoms with E-state index in [1.165, 1.54) is 24.3 Å². The highest BCUT2D eigenvalue weighted by molar-refractivity contribution is 5.79. The van der Waals surface area contributed by atoms with E-state index in [1.807, 2.05) is 0 Å². The van der Waals surface area contributed by atoms with Gasteiger partial charge in [0.25, 0.3) is 0 Å². The van der Waals surface area contributed by atoms with E-state index in [0.29, 0.717) is 53.1 Å². The van der Waals surface area contributed by atoms with Crippen LogP contribution < -0.4 is 9.47 Å². The molecule has 14 heteroatoms. The lowest BCUT2D eigenvalue weighted by Crippen LogP contribution is -2.30. The quantitative estimate of drug-likeness (QED) is 0.285. The van der Waals surface area contributed by atoms with Crippen LogP contribution in [0, 0.1) is 0 Å². The third-order valence-corrected chi connectivity index (χ3v) is 7.10. The highest BCUT2D eigenvalue weighted by Gasteiger charge is 2.37. The Labute approximate surface area is 230 Å². The largest absolute Gasteiger partial charge is 0.480 e. The van der Waals surface area contributed by atoms with E-state index in [0.717, 1.165) is 30.3 Å². The summed E-state index contributed by atoms with van der Waals surface area (Å²) >= 11 is 0. The molecule has 1 aliphatic heterocycles. The molecule has 0 bridgehead atoms. The van der Waals surface area contributed by atoms with Gasteiger partial charge in [-0.15, -0.1) is 0 Å². The molecule has 0 atom stereocenters. The highest BCUT2D eigenvalue weighted by Crippen LogP contribution is 2.45.